The molecule has 0 bridgehead atoms. The zero-order chi connectivity index (χ0) is 24.0. The average molecular weight is 462 g/mol. The van der Waals surface area contributed by atoms with Crippen LogP contribution in [0, 0.1) is 21.7 Å². The highest BCUT2D eigenvalue weighted by Gasteiger charge is 2.30. The molecule has 1 aromatic heterocycles. The molecule has 1 amide bonds. The lowest BCUT2D eigenvalue weighted by atomic mass is 10.1. The molecule has 9 nitrogen and oxygen atoms in total. The molecule has 11 heteroatoms. The van der Waals surface area contributed by atoms with Crippen LogP contribution >= 0.6 is 0 Å². The molecule has 174 valence electrons. The van der Waals surface area contributed by atoms with Crippen LogP contribution in [-0.2, 0) is 11.3 Å². The van der Waals surface area contributed by atoms with E-state index in [0.29, 0.717) is 6.07 Å². The van der Waals surface area contributed by atoms with Crippen molar-refractivity contribution in [1.29, 1.82) is 0 Å². The second-order valence-corrected chi connectivity index (χ2v) is 6.68. The van der Waals surface area contributed by atoms with Gasteiger partial charge in [0.1, 0.15) is 29.6 Å². The van der Waals surface area contributed by atoms with Crippen molar-refractivity contribution < 1.29 is 37.1 Å². The molecule has 2 aromatic carbocycles. The van der Waals surface area contributed by atoms with Crippen molar-refractivity contribution in [3.05, 3.63) is 81.8 Å². The van der Waals surface area contributed by atoms with Crippen LogP contribution in [0.2, 0.25) is 0 Å². The Kier molecular flexibility index (Phi) is 7.57. The van der Waals surface area contributed by atoms with Crippen LogP contribution in [0.3, 0.4) is 0 Å². The topological polar surface area (TPSA) is 104 Å². The van der Waals surface area contributed by atoms with E-state index in [1.54, 1.807) is 12.1 Å². The van der Waals surface area contributed by atoms with Crippen molar-refractivity contribution in [3.63, 3.8) is 0 Å². The van der Waals surface area contributed by atoms with Crippen LogP contribution in [0.4, 0.5) is 20.2 Å². The van der Waals surface area contributed by atoms with Gasteiger partial charge < -0.3 is 18.6 Å². The van der Waals surface area contributed by atoms with Crippen molar-refractivity contribution in [2.24, 2.45) is 0 Å². The largest absolute Gasteiger partial charge is 0.493 e. The van der Waals surface area contributed by atoms with Gasteiger partial charge in [0.25, 0.3) is 11.6 Å². The molecular weight excluding hydrogens is 442 g/mol. The van der Waals surface area contributed by atoms with Crippen molar-refractivity contribution >= 4 is 17.3 Å². The fraction of sp³-hybridized carbons (Fsp3) is 0.227. The number of hydrogen-bond acceptors (Lipinski definition) is 7. The minimum Gasteiger partial charge on any atom is -0.493 e. The van der Waals surface area contributed by atoms with Gasteiger partial charge in [0.2, 0.25) is 0 Å². The SMILES string of the molecule is COCCOc1cc([N+](=O)[O-])c(C(=O)N(Cc2ccco2)c2ccc(F)cc2F)cc1OC. The van der Waals surface area contributed by atoms with E-state index in [1.807, 2.05) is 0 Å². The molecule has 0 spiro atoms. The maximum atomic E-state index is 14.6. The molecule has 0 atom stereocenters. The van der Waals surface area contributed by atoms with Crippen LogP contribution in [0.15, 0.2) is 53.1 Å². The van der Waals surface area contributed by atoms with Gasteiger partial charge in [-0.15, -0.1) is 0 Å². The lowest BCUT2D eigenvalue weighted by molar-refractivity contribution is -0.385. The fourth-order valence-corrected chi connectivity index (χ4v) is 3.05. The van der Waals surface area contributed by atoms with E-state index in [2.05, 4.69) is 0 Å². The van der Waals surface area contributed by atoms with Gasteiger partial charge >= 0.3 is 0 Å². The maximum Gasteiger partial charge on any atom is 0.286 e. The number of nitro groups is 1. The lowest BCUT2D eigenvalue weighted by Crippen LogP contribution is -2.31. The summed E-state index contributed by atoms with van der Waals surface area (Å²) >= 11 is 0. The van der Waals surface area contributed by atoms with E-state index >= 15 is 0 Å². The Balaban J connectivity index is 2.10. The van der Waals surface area contributed by atoms with Crippen molar-refractivity contribution in [2.75, 3.05) is 32.3 Å². The van der Waals surface area contributed by atoms with E-state index in [4.69, 9.17) is 18.6 Å². The normalized spacial score (nSPS) is 10.7. The molecule has 33 heavy (non-hydrogen) atoms. The Morgan fingerprint density at radius 1 is 1.12 bits per heavy atom. The second kappa shape index (κ2) is 10.6. The number of nitro benzene ring substituents is 1. The number of furan rings is 1. The van der Waals surface area contributed by atoms with Crippen molar-refractivity contribution in [2.45, 2.75) is 6.54 Å². The van der Waals surface area contributed by atoms with Crippen molar-refractivity contribution in [3.8, 4) is 11.5 Å². The first kappa shape index (κ1) is 23.7. The summed E-state index contributed by atoms with van der Waals surface area (Å²) < 4.78 is 48.9. The van der Waals surface area contributed by atoms with E-state index in [1.165, 1.54) is 20.5 Å². The maximum absolute atomic E-state index is 14.6. The Morgan fingerprint density at radius 3 is 2.52 bits per heavy atom. The first-order valence-electron chi connectivity index (χ1n) is 9.63. The Morgan fingerprint density at radius 2 is 1.91 bits per heavy atom. The summed E-state index contributed by atoms with van der Waals surface area (Å²) in [5.41, 5.74) is -1.25. The number of benzene rings is 2. The zero-order valence-electron chi connectivity index (χ0n) is 17.7. The molecule has 0 unspecified atom stereocenters. The van der Waals surface area contributed by atoms with E-state index in [-0.39, 0.29) is 48.3 Å². The molecular formula is C22H20F2N2O7. The summed E-state index contributed by atoms with van der Waals surface area (Å²) in [6.07, 6.45) is 1.36. The Bertz CT molecular complexity index is 1140. The molecule has 0 radical (unpaired) electrons. The predicted octanol–water partition coefficient (Wildman–Crippen LogP) is 4.35. The van der Waals surface area contributed by atoms with Crippen molar-refractivity contribution in [1.82, 2.24) is 0 Å². The number of rotatable bonds is 10. The molecule has 0 N–H and O–H groups in total. The monoisotopic (exact) mass is 462 g/mol. The third kappa shape index (κ3) is 5.44. The number of hydrogen-bond donors (Lipinski definition) is 0. The highest BCUT2D eigenvalue weighted by molar-refractivity contribution is 6.09. The quantitative estimate of drug-likeness (QED) is 0.251. The summed E-state index contributed by atoms with van der Waals surface area (Å²) in [5, 5.41) is 11.8. The predicted molar refractivity (Wildman–Crippen MR) is 113 cm³/mol. The highest BCUT2D eigenvalue weighted by Crippen LogP contribution is 2.36. The molecule has 1 heterocycles. The number of halogens is 2. The summed E-state index contributed by atoms with van der Waals surface area (Å²) in [5.74, 6) is -2.43. The van der Waals surface area contributed by atoms with Gasteiger partial charge in [0, 0.05) is 19.2 Å². The third-order valence-electron chi connectivity index (χ3n) is 4.59. The molecule has 0 saturated heterocycles. The van der Waals surface area contributed by atoms with Crippen LogP contribution in [0.1, 0.15) is 16.1 Å². The minimum atomic E-state index is -1.02. The van der Waals surface area contributed by atoms with Gasteiger partial charge in [0.05, 0.1) is 43.2 Å². The summed E-state index contributed by atoms with van der Waals surface area (Å²) in [6, 6.07) is 7.95. The standard InChI is InChI=1S/C22H20F2N2O7/c1-30-8-9-33-21-12-19(26(28)29)16(11-20(21)31-2)22(27)25(13-15-4-3-7-32-15)18-6-5-14(23)10-17(18)24/h3-7,10-12H,8-9,13H2,1-2H3. The molecule has 0 saturated carbocycles. The molecule has 0 aliphatic heterocycles. The van der Waals surface area contributed by atoms with E-state index in [0.717, 1.165) is 29.2 Å². The Labute approximate surface area is 187 Å². The zero-order valence-corrected chi connectivity index (χ0v) is 17.7. The average Bonchev–Trinajstić information content (AvgIpc) is 3.30. The molecule has 0 fully saturated rings. The first-order valence-corrected chi connectivity index (χ1v) is 9.63. The summed E-state index contributed by atoms with van der Waals surface area (Å²) in [6.45, 7) is 0.0427. The Hall–Kier alpha value is -3.99. The van der Waals surface area contributed by atoms with Crippen LogP contribution in [-0.4, -0.2) is 38.3 Å². The minimum absolute atomic E-state index is 0.0309. The van der Waals surface area contributed by atoms with Crippen LogP contribution in [0.25, 0.3) is 0 Å². The van der Waals surface area contributed by atoms with Crippen LogP contribution in [0.5, 0.6) is 11.5 Å². The first-order chi connectivity index (χ1) is 15.8. The molecule has 3 aromatic rings. The van der Waals surface area contributed by atoms with Gasteiger partial charge in [-0.25, -0.2) is 8.78 Å². The van der Waals surface area contributed by atoms with E-state index < -0.39 is 28.2 Å². The number of anilines is 1. The third-order valence-corrected chi connectivity index (χ3v) is 4.59. The van der Waals surface area contributed by atoms with E-state index in [9.17, 15) is 23.7 Å². The summed E-state index contributed by atoms with van der Waals surface area (Å²) in [4.78, 5) is 25.4. The molecule has 0 aliphatic rings. The molecule has 3 rings (SSSR count). The number of ether oxygens (including phenoxy) is 3. The smallest absolute Gasteiger partial charge is 0.286 e. The number of carbonyl (C=O) groups excluding carboxylic acids is 1. The number of nitrogens with zero attached hydrogens (tertiary/aromatic N) is 2. The fourth-order valence-electron chi connectivity index (χ4n) is 3.05. The lowest BCUT2D eigenvalue weighted by Gasteiger charge is -2.23. The van der Waals surface area contributed by atoms with Gasteiger partial charge in [-0.1, -0.05) is 0 Å². The number of amides is 1. The number of carbonyl (C=O) groups is 1. The second-order valence-electron chi connectivity index (χ2n) is 6.68. The highest BCUT2D eigenvalue weighted by atomic mass is 19.1. The van der Waals surface area contributed by atoms with Crippen LogP contribution < -0.4 is 14.4 Å². The van der Waals surface area contributed by atoms with Gasteiger partial charge in [-0.3, -0.25) is 19.8 Å². The molecule has 0 aliphatic carbocycles. The van der Waals surface area contributed by atoms with Gasteiger partial charge in [-0.2, -0.15) is 0 Å². The van der Waals surface area contributed by atoms with Gasteiger partial charge in [0.15, 0.2) is 11.5 Å². The van der Waals surface area contributed by atoms with Gasteiger partial charge in [-0.05, 0) is 24.3 Å². The number of methoxy groups -OCH3 is 2. The summed E-state index contributed by atoms with van der Waals surface area (Å²) in [7, 11) is 2.77.